The first-order valence-electron chi connectivity index (χ1n) is 18.1. The summed E-state index contributed by atoms with van der Waals surface area (Å²) in [4.78, 5) is 34.7. The minimum Gasteiger partial charge on any atom is -0.462 e. The van der Waals surface area contributed by atoms with E-state index in [-0.39, 0.29) is 26.0 Å². The van der Waals surface area contributed by atoms with Crippen LogP contribution in [-0.2, 0) is 32.7 Å². The monoisotopic (exact) mass is 665 g/mol. The third-order valence-corrected chi connectivity index (χ3v) is 8.77. The number of ether oxygens (including phenoxy) is 2. The second-order valence-corrected chi connectivity index (χ2v) is 13.8. The normalized spacial score (nSPS) is 14.2. The molecule has 11 heteroatoms. The molecule has 0 aromatic rings. The molecule has 268 valence electrons. The van der Waals surface area contributed by atoms with E-state index in [1.807, 2.05) is 0 Å². The molecule has 0 saturated carbocycles. The van der Waals surface area contributed by atoms with Crippen molar-refractivity contribution in [1.82, 2.24) is 0 Å². The van der Waals surface area contributed by atoms with E-state index >= 15 is 0 Å². The molecule has 4 N–H and O–H groups in total. The topological polar surface area (TPSA) is 155 Å². The van der Waals surface area contributed by atoms with Crippen LogP contribution in [0.3, 0.4) is 0 Å². The number of aliphatic hydroxyl groups is 1. The van der Waals surface area contributed by atoms with Gasteiger partial charge in [0, 0.05) is 19.4 Å². The predicted molar refractivity (Wildman–Crippen MR) is 180 cm³/mol. The lowest BCUT2D eigenvalue weighted by Crippen LogP contribution is -2.30. The third-order valence-electron chi connectivity index (χ3n) is 7.82. The van der Waals surface area contributed by atoms with E-state index in [0.717, 1.165) is 38.5 Å². The molecule has 0 radical (unpaired) electrons. The number of carbonyl (C=O) groups is 2. The summed E-state index contributed by atoms with van der Waals surface area (Å²) in [6.45, 7) is 3.04. The fraction of sp³-hybridized carbons (Fsp3) is 0.941. The van der Waals surface area contributed by atoms with Gasteiger partial charge in [-0.2, -0.15) is 0 Å². The highest BCUT2D eigenvalue weighted by molar-refractivity contribution is 7.47. The second kappa shape index (κ2) is 31.6. The number of aliphatic hydroxyl groups excluding tert-OH is 1. The molecule has 0 amide bonds. The average molecular weight is 666 g/mol. The Hall–Kier alpha value is -1.03. The number of phosphoric ester groups is 1. The number of hydrogen-bond acceptors (Lipinski definition) is 9. The number of hydrogen-bond donors (Lipinski definition) is 3. The minimum absolute atomic E-state index is 0.144. The number of rotatable bonds is 34. The van der Waals surface area contributed by atoms with E-state index in [0.29, 0.717) is 6.42 Å². The Bertz CT molecular complexity index is 740. The molecule has 0 saturated heterocycles. The molecule has 0 aliphatic carbocycles. The van der Waals surface area contributed by atoms with Gasteiger partial charge in [-0.3, -0.25) is 18.6 Å². The largest absolute Gasteiger partial charge is 0.472 e. The van der Waals surface area contributed by atoms with Gasteiger partial charge in [0.25, 0.3) is 0 Å². The highest BCUT2D eigenvalue weighted by atomic mass is 31.2. The molecule has 0 bridgehead atoms. The summed E-state index contributed by atoms with van der Waals surface area (Å²) in [5.74, 6) is -0.889. The van der Waals surface area contributed by atoms with Crippen LogP contribution in [0.25, 0.3) is 0 Å². The van der Waals surface area contributed by atoms with E-state index in [2.05, 4.69) is 13.8 Å². The van der Waals surface area contributed by atoms with Crippen LogP contribution >= 0.6 is 7.82 Å². The molecule has 0 rings (SSSR count). The van der Waals surface area contributed by atoms with Crippen molar-refractivity contribution in [3.05, 3.63) is 0 Å². The Morgan fingerprint density at radius 1 is 0.600 bits per heavy atom. The van der Waals surface area contributed by atoms with Crippen molar-refractivity contribution in [2.24, 2.45) is 5.73 Å². The van der Waals surface area contributed by atoms with Gasteiger partial charge in [0.2, 0.25) is 0 Å². The van der Waals surface area contributed by atoms with Crippen molar-refractivity contribution in [2.45, 2.75) is 180 Å². The molecule has 0 aliphatic rings. The molecule has 0 spiro atoms. The molecule has 2 unspecified atom stereocenters. The van der Waals surface area contributed by atoms with Crippen molar-refractivity contribution in [3.63, 3.8) is 0 Å². The lowest BCUT2D eigenvalue weighted by atomic mass is 10.1. The average Bonchev–Trinajstić information content (AvgIpc) is 3.02. The van der Waals surface area contributed by atoms with Gasteiger partial charge in [-0.05, 0) is 12.8 Å². The molecule has 0 fully saturated rings. The van der Waals surface area contributed by atoms with E-state index in [4.69, 9.17) is 24.3 Å². The van der Waals surface area contributed by atoms with Crippen LogP contribution in [-0.4, -0.2) is 60.5 Å². The van der Waals surface area contributed by atoms with Gasteiger partial charge in [-0.25, -0.2) is 4.57 Å². The van der Waals surface area contributed by atoms with Gasteiger partial charge in [0.15, 0.2) is 6.10 Å². The number of unbranched alkanes of at least 4 members (excludes halogenated alkanes) is 20. The lowest BCUT2D eigenvalue weighted by Gasteiger charge is -2.20. The molecular formula is C34H68NO9P. The minimum atomic E-state index is -4.54. The molecule has 10 nitrogen and oxygen atoms in total. The maximum Gasteiger partial charge on any atom is 0.472 e. The van der Waals surface area contributed by atoms with Crippen LogP contribution in [0.2, 0.25) is 0 Å². The standard InChI is InChI=1S/C34H68NO9P/c1-3-5-7-9-11-13-15-17-19-21-23-25-33(37)41-29-32(30-43-45(39,40)42-28-31(36)27-35)44-34(38)26-24-22-20-18-16-14-12-10-8-6-4-2/h31-32,36H,3-30,35H2,1-2H3,(H,39,40)/t31?,32-/m1/s1. The Balaban J connectivity index is 4.39. The fourth-order valence-corrected chi connectivity index (χ4v) is 5.74. The summed E-state index contributed by atoms with van der Waals surface area (Å²) < 4.78 is 32.7. The first-order valence-corrected chi connectivity index (χ1v) is 19.6. The zero-order valence-electron chi connectivity index (χ0n) is 28.7. The quantitative estimate of drug-likeness (QED) is 0.0347. The summed E-state index contributed by atoms with van der Waals surface area (Å²) >= 11 is 0. The van der Waals surface area contributed by atoms with Crippen LogP contribution in [0.4, 0.5) is 0 Å². The van der Waals surface area contributed by atoms with Crippen LogP contribution in [0, 0.1) is 0 Å². The van der Waals surface area contributed by atoms with Crippen LogP contribution in [0.5, 0.6) is 0 Å². The highest BCUT2D eigenvalue weighted by Gasteiger charge is 2.27. The fourth-order valence-electron chi connectivity index (χ4n) is 4.95. The Morgan fingerprint density at radius 2 is 0.978 bits per heavy atom. The van der Waals surface area contributed by atoms with Gasteiger partial charge < -0.3 is 25.2 Å². The molecule has 45 heavy (non-hydrogen) atoms. The van der Waals surface area contributed by atoms with Gasteiger partial charge in [0.1, 0.15) is 6.61 Å². The first-order chi connectivity index (χ1) is 21.7. The summed E-state index contributed by atoms with van der Waals surface area (Å²) in [6, 6.07) is 0. The number of nitrogens with two attached hydrogens (primary N) is 1. The van der Waals surface area contributed by atoms with Gasteiger partial charge in [0.05, 0.1) is 19.3 Å². The predicted octanol–water partition coefficient (Wildman–Crippen LogP) is 8.30. The molecule has 3 atom stereocenters. The molecule has 0 aliphatic heterocycles. The van der Waals surface area contributed by atoms with Crippen molar-refractivity contribution in [2.75, 3.05) is 26.4 Å². The molecule has 0 heterocycles. The molecule has 0 aromatic heterocycles. The zero-order chi connectivity index (χ0) is 33.4. The summed E-state index contributed by atoms with van der Waals surface area (Å²) in [5.41, 5.74) is 5.29. The van der Waals surface area contributed by atoms with Gasteiger partial charge >= 0.3 is 19.8 Å². The van der Waals surface area contributed by atoms with Crippen LogP contribution < -0.4 is 5.73 Å². The van der Waals surface area contributed by atoms with E-state index in [9.17, 15) is 24.2 Å². The smallest absolute Gasteiger partial charge is 0.462 e. The van der Waals surface area contributed by atoms with Crippen molar-refractivity contribution in [1.29, 1.82) is 0 Å². The SMILES string of the molecule is CCCCCCCCCCCCCC(=O)OC[C@H](COP(=O)(O)OCC(O)CN)OC(=O)CCCCCCCCCCCCC. The van der Waals surface area contributed by atoms with E-state index in [1.54, 1.807) is 0 Å². The van der Waals surface area contributed by atoms with Crippen LogP contribution in [0.1, 0.15) is 168 Å². The van der Waals surface area contributed by atoms with Crippen molar-refractivity contribution < 1.29 is 42.7 Å². The maximum absolute atomic E-state index is 12.5. The Kier molecular flexibility index (Phi) is 30.8. The maximum atomic E-state index is 12.5. The first kappa shape index (κ1) is 44.0. The molecular weight excluding hydrogens is 597 g/mol. The number of esters is 2. The highest BCUT2D eigenvalue weighted by Crippen LogP contribution is 2.43. The summed E-state index contributed by atoms with van der Waals surface area (Å²) in [5, 5.41) is 9.48. The lowest BCUT2D eigenvalue weighted by molar-refractivity contribution is -0.161. The number of phosphoric acid groups is 1. The van der Waals surface area contributed by atoms with Gasteiger partial charge in [-0.1, -0.05) is 142 Å². The van der Waals surface area contributed by atoms with Gasteiger partial charge in [-0.15, -0.1) is 0 Å². The van der Waals surface area contributed by atoms with Crippen molar-refractivity contribution >= 4 is 19.8 Å². The second-order valence-electron chi connectivity index (χ2n) is 12.3. The summed E-state index contributed by atoms with van der Waals surface area (Å²) in [7, 11) is -4.54. The zero-order valence-corrected chi connectivity index (χ0v) is 29.6. The van der Waals surface area contributed by atoms with Crippen LogP contribution in [0.15, 0.2) is 0 Å². The number of carbonyl (C=O) groups excluding carboxylic acids is 2. The van der Waals surface area contributed by atoms with E-state index in [1.165, 1.54) is 96.3 Å². The Morgan fingerprint density at radius 3 is 1.40 bits per heavy atom. The summed E-state index contributed by atoms with van der Waals surface area (Å²) in [6.07, 6.45) is 24.0. The van der Waals surface area contributed by atoms with E-state index < -0.39 is 45.2 Å². The Labute approximate surface area is 274 Å². The third kappa shape index (κ3) is 31.3. The van der Waals surface area contributed by atoms with Crippen molar-refractivity contribution in [3.8, 4) is 0 Å². The molecule has 0 aromatic carbocycles.